The molecule has 2 aromatic rings. The summed E-state index contributed by atoms with van der Waals surface area (Å²) in [5, 5.41) is 12.4. The third-order valence-corrected chi connectivity index (χ3v) is 3.61. The minimum absolute atomic E-state index is 0. The molecule has 0 spiro atoms. The normalized spacial score (nSPS) is 11.0. The molecular formula is C16H15Cl2N2NaO4. The number of nitrogen functional groups attached to an aromatic ring is 1. The SMILES string of the molecule is Nc1ccc(Cl)cc1CC(=O)O.O=C1Cc2cc(Cl)ccc2N1.[Na+].[OH-]. The van der Waals surface area contributed by atoms with E-state index in [1.54, 1.807) is 24.3 Å². The second-order valence-corrected chi connectivity index (χ2v) is 5.81. The maximum Gasteiger partial charge on any atom is 1.00 e. The molecule has 0 aromatic heterocycles. The molecule has 1 heterocycles. The van der Waals surface area contributed by atoms with Crippen LogP contribution in [0, 0.1) is 0 Å². The maximum atomic E-state index is 10.9. The van der Waals surface area contributed by atoms with Gasteiger partial charge in [-0.2, -0.15) is 0 Å². The molecule has 5 N–H and O–H groups in total. The van der Waals surface area contributed by atoms with Crippen molar-refractivity contribution in [2.45, 2.75) is 12.8 Å². The molecule has 0 fully saturated rings. The fourth-order valence-corrected chi connectivity index (χ4v) is 2.48. The van der Waals surface area contributed by atoms with Crippen molar-refractivity contribution in [2.24, 2.45) is 0 Å². The second kappa shape index (κ2) is 10.7. The van der Waals surface area contributed by atoms with Crippen molar-refractivity contribution in [3.05, 3.63) is 57.6 Å². The summed E-state index contributed by atoms with van der Waals surface area (Å²) in [7, 11) is 0. The third-order valence-electron chi connectivity index (χ3n) is 3.14. The van der Waals surface area contributed by atoms with Gasteiger partial charge in [0.2, 0.25) is 5.91 Å². The van der Waals surface area contributed by atoms with Crippen LogP contribution < -0.4 is 40.6 Å². The molecule has 1 aliphatic heterocycles. The molecule has 0 aliphatic carbocycles. The van der Waals surface area contributed by atoms with Crippen LogP contribution in [0.2, 0.25) is 10.0 Å². The molecule has 128 valence electrons. The van der Waals surface area contributed by atoms with Crippen LogP contribution in [0.3, 0.4) is 0 Å². The second-order valence-electron chi connectivity index (χ2n) is 4.94. The fraction of sp³-hybridized carbons (Fsp3) is 0.125. The Kier molecular flexibility index (Phi) is 10.1. The molecule has 9 heteroatoms. The van der Waals surface area contributed by atoms with Gasteiger partial charge >= 0.3 is 35.5 Å². The number of fused-ring (bicyclic) bond motifs is 1. The first-order valence-corrected chi connectivity index (χ1v) is 7.44. The first-order chi connectivity index (χ1) is 10.8. The number of aliphatic carboxylic acids is 1. The Morgan fingerprint density at radius 3 is 2.40 bits per heavy atom. The summed E-state index contributed by atoms with van der Waals surface area (Å²) in [5.74, 6) is -0.869. The largest absolute Gasteiger partial charge is 1.00 e. The quantitative estimate of drug-likeness (QED) is 0.498. The predicted octanol–water partition coefficient (Wildman–Crippen LogP) is 0.211. The zero-order valence-electron chi connectivity index (χ0n) is 13.4. The smallest absolute Gasteiger partial charge is 0.870 e. The standard InChI is InChI=1S/C8H8ClNO2.C8H6ClNO.Na.H2O/c9-6-1-2-7(10)5(3-6)4-8(11)12;9-6-1-2-7-5(3-6)4-8(11)10-7;;/h1-3H,4,10H2,(H,11,12);1-3H,4H2,(H,10,11);;1H2/q;;+1;/p-1. The molecular weight excluding hydrogens is 378 g/mol. The summed E-state index contributed by atoms with van der Waals surface area (Å²) in [6.45, 7) is 0. The number of benzene rings is 2. The van der Waals surface area contributed by atoms with Crippen LogP contribution in [0.1, 0.15) is 11.1 Å². The molecule has 1 amide bonds. The van der Waals surface area contributed by atoms with Crippen molar-refractivity contribution in [3.63, 3.8) is 0 Å². The van der Waals surface area contributed by atoms with Crippen LogP contribution in [-0.4, -0.2) is 22.5 Å². The van der Waals surface area contributed by atoms with E-state index in [0.717, 1.165) is 11.3 Å². The Labute approximate surface area is 176 Å². The number of anilines is 2. The van der Waals surface area contributed by atoms with E-state index in [4.69, 9.17) is 34.0 Å². The van der Waals surface area contributed by atoms with Crippen molar-refractivity contribution in [2.75, 3.05) is 11.1 Å². The molecule has 0 saturated heterocycles. The number of rotatable bonds is 2. The van der Waals surface area contributed by atoms with Crippen LogP contribution >= 0.6 is 23.2 Å². The van der Waals surface area contributed by atoms with Crippen molar-refractivity contribution in [1.82, 2.24) is 0 Å². The van der Waals surface area contributed by atoms with Crippen molar-refractivity contribution in [1.29, 1.82) is 0 Å². The minimum atomic E-state index is -0.913. The molecule has 3 rings (SSSR count). The van der Waals surface area contributed by atoms with Gasteiger partial charge in [0.1, 0.15) is 0 Å². The van der Waals surface area contributed by atoms with Gasteiger partial charge < -0.3 is 21.6 Å². The number of carbonyl (C=O) groups excluding carboxylic acids is 1. The van der Waals surface area contributed by atoms with Gasteiger partial charge in [-0.3, -0.25) is 9.59 Å². The number of carboxylic acid groups (broad SMARTS) is 1. The summed E-state index contributed by atoms with van der Waals surface area (Å²) < 4.78 is 0. The van der Waals surface area contributed by atoms with E-state index >= 15 is 0 Å². The van der Waals surface area contributed by atoms with E-state index in [1.807, 2.05) is 12.1 Å². The Morgan fingerprint density at radius 2 is 1.76 bits per heavy atom. The van der Waals surface area contributed by atoms with Gasteiger partial charge in [-0.15, -0.1) is 0 Å². The van der Waals surface area contributed by atoms with Crippen LogP contribution in [0.15, 0.2) is 36.4 Å². The third kappa shape index (κ3) is 7.23. The van der Waals surface area contributed by atoms with Crippen LogP contribution in [-0.2, 0) is 22.4 Å². The molecule has 25 heavy (non-hydrogen) atoms. The molecule has 0 atom stereocenters. The van der Waals surface area contributed by atoms with E-state index in [1.165, 1.54) is 0 Å². The van der Waals surface area contributed by atoms with E-state index in [-0.39, 0.29) is 47.4 Å². The summed E-state index contributed by atoms with van der Waals surface area (Å²) in [6.07, 6.45) is 0.363. The van der Waals surface area contributed by atoms with Gasteiger partial charge in [0.05, 0.1) is 12.8 Å². The van der Waals surface area contributed by atoms with Crippen LogP contribution in [0.4, 0.5) is 11.4 Å². The van der Waals surface area contributed by atoms with Gasteiger partial charge in [0.15, 0.2) is 0 Å². The first-order valence-electron chi connectivity index (χ1n) is 6.69. The minimum Gasteiger partial charge on any atom is -0.870 e. The van der Waals surface area contributed by atoms with Gasteiger partial charge in [-0.25, -0.2) is 0 Å². The number of nitrogens with two attached hydrogens (primary N) is 1. The molecule has 0 saturated carbocycles. The van der Waals surface area contributed by atoms with E-state index in [9.17, 15) is 9.59 Å². The zero-order chi connectivity index (χ0) is 17.0. The number of hydrogen-bond donors (Lipinski definition) is 3. The fourth-order valence-electron chi connectivity index (χ4n) is 2.09. The average molecular weight is 393 g/mol. The van der Waals surface area contributed by atoms with Crippen molar-refractivity contribution in [3.8, 4) is 0 Å². The number of carboxylic acids is 1. The van der Waals surface area contributed by atoms with E-state index in [0.29, 0.717) is 27.7 Å². The topological polar surface area (TPSA) is 122 Å². The Hall–Kier alpha value is -1.28. The maximum absolute atomic E-state index is 10.9. The molecule has 1 aliphatic rings. The molecule has 0 bridgehead atoms. The molecule has 0 radical (unpaired) electrons. The summed E-state index contributed by atoms with van der Waals surface area (Å²) >= 11 is 11.4. The van der Waals surface area contributed by atoms with Crippen LogP contribution in [0.5, 0.6) is 0 Å². The zero-order valence-corrected chi connectivity index (χ0v) is 16.9. The number of hydrogen-bond acceptors (Lipinski definition) is 4. The van der Waals surface area contributed by atoms with E-state index < -0.39 is 5.97 Å². The first kappa shape index (κ1) is 23.7. The Morgan fingerprint density at radius 1 is 1.16 bits per heavy atom. The summed E-state index contributed by atoms with van der Waals surface area (Å²) in [6, 6.07) is 10.2. The van der Waals surface area contributed by atoms with Crippen LogP contribution in [0.25, 0.3) is 0 Å². The Balaban J connectivity index is 0.000000427. The molecule has 0 unspecified atom stereocenters. The molecule has 6 nitrogen and oxygen atoms in total. The average Bonchev–Trinajstić information content (AvgIpc) is 2.82. The monoisotopic (exact) mass is 392 g/mol. The van der Waals surface area contributed by atoms with Gasteiger partial charge in [0.25, 0.3) is 0 Å². The summed E-state index contributed by atoms with van der Waals surface area (Å²) in [5.41, 5.74) is 8.40. The van der Waals surface area contributed by atoms with Gasteiger partial charge in [-0.1, -0.05) is 23.2 Å². The molecule has 2 aromatic carbocycles. The van der Waals surface area contributed by atoms with E-state index in [2.05, 4.69) is 5.32 Å². The van der Waals surface area contributed by atoms with Gasteiger partial charge in [-0.05, 0) is 47.5 Å². The Bertz CT molecular complexity index is 772. The number of carbonyl (C=O) groups is 2. The summed E-state index contributed by atoms with van der Waals surface area (Å²) in [4.78, 5) is 21.2. The van der Waals surface area contributed by atoms with Gasteiger partial charge in [0, 0.05) is 21.4 Å². The van der Waals surface area contributed by atoms with Crippen molar-refractivity contribution >= 4 is 46.5 Å². The predicted molar refractivity (Wildman–Crippen MR) is 92.9 cm³/mol. The van der Waals surface area contributed by atoms with Crippen molar-refractivity contribution < 1.29 is 49.7 Å². The number of nitrogens with one attached hydrogen (secondary N) is 1. The number of amides is 1. The number of halogens is 2.